The molecule has 3 rings (SSSR count). The van der Waals surface area contributed by atoms with Crippen LogP contribution in [0, 0.1) is 5.82 Å². The van der Waals surface area contributed by atoms with E-state index in [2.05, 4.69) is 31.4 Å². The summed E-state index contributed by atoms with van der Waals surface area (Å²) in [5, 5.41) is 6.82. The van der Waals surface area contributed by atoms with E-state index in [1.165, 1.54) is 12.1 Å². The molecule has 0 aliphatic carbocycles. The van der Waals surface area contributed by atoms with Crippen LogP contribution in [0.25, 0.3) is 11.4 Å². The van der Waals surface area contributed by atoms with Gasteiger partial charge in [0.25, 0.3) is 0 Å². The smallest absolute Gasteiger partial charge is 0.227 e. The molecule has 1 atom stereocenters. The number of benzene rings is 2. The number of carbonyl (C=O) groups excluding carboxylic acids is 1. The Labute approximate surface area is 158 Å². The molecule has 26 heavy (non-hydrogen) atoms. The van der Waals surface area contributed by atoms with Crippen molar-refractivity contribution in [3.05, 3.63) is 70.3 Å². The molecule has 5 nitrogen and oxygen atoms in total. The summed E-state index contributed by atoms with van der Waals surface area (Å²) in [5.41, 5.74) is 1.69. The topological polar surface area (TPSA) is 68.0 Å². The van der Waals surface area contributed by atoms with E-state index in [0.29, 0.717) is 18.1 Å². The van der Waals surface area contributed by atoms with E-state index in [1.54, 1.807) is 12.1 Å². The summed E-state index contributed by atoms with van der Waals surface area (Å²) in [6.07, 6.45) is 0.582. The monoisotopic (exact) mass is 417 g/mol. The van der Waals surface area contributed by atoms with Crippen molar-refractivity contribution in [2.75, 3.05) is 0 Å². The predicted octanol–water partition coefficient (Wildman–Crippen LogP) is 4.45. The molecule has 0 saturated carbocycles. The maximum atomic E-state index is 13.0. The zero-order valence-electron chi connectivity index (χ0n) is 14.1. The van der Waals surface area contributed by atoms with Crippen molar-refractivity contribution in [2.24, 2.45) is 0 Å². The molecule has 7 heteroatoms. The minimum atomic E-state index is -0.301. The van der Waals surface area contributed by atoms with E-state index < -0.39 is 0 Å². The minimum Gasteiger partial charge on any atom is -0.350 e. The predicted molar refractivity (Wildman–Crippen MR) is 98.7 cm³/mol. The van der Waals surface area contributed by atoms with Crippen molar-refractivity contribution >= 4 is 21.8 Å². The molecule has 0 bridgehead atoms. The van der Waals surface area contributed by atoms with Crippen LogP contribution in [0.2, 0.25) is 0 Å². The molecular weight excluding hydrogens is 401 g/mol. The Bertz CT molecular complexity index is 879. The second-order valence-corrected chi connectivity index (χ2v) is 6.78. The summed E-state index contributed by atoms with van der Waals surface area (Å²) in [6.45, 7) is 1.85. The highest BCUT2D eigenvalue weighted by molar-refractivity contribution is 9.10. The van der Waals surface area contributed by atoms with Gasteiger partial charge in [0.05, 0.1) is 6.04 Å². The van der Waals surface area contributed by atoms with Crippen molar-refractivity contribution in [1.82, 2.24) is 15.5 Å². The fourth-order valence-electron chi connectivity index (χ4n) is 2.44. The lowest BCUT2D eigenvalue weighted by molar-refractivity contribution is -0.121. The lowest BCUT2D eigenvalue weighted by atomic mass is 10.1. The molecule has 0 aliphatic heterocycles. The molecule has 1 heterocycles. The summed E-state index contributed by atoms with van der Waals surface area (Å²) < 4.78 is 19.1. The van der Waals surface area contributed by atoms with Gasteiger partial charge in [-0.1, -0.05) is 33.2 Å². The number of aryl methyl sites for hydroxylation is 1. The molecule has 0 unspecified atom stereocenters. The van der Waals surface area contributed by atoms with Crippen LogP contribution in [-0.4, -0.2) is 16.0 Å². The van der Waals surface area contributed by atoms with E-state index >= 15 is 0 Å². The van der Waals surface area contributed by atoms with Gasteiger partial charge in [-0.05, 0) is 48.9 Å². The molecule has 1 N–H and O–H groups in total. The van der Waals surface area contributed by atoms with Gasteiger partial charge in [-0.15, -0.1) is 0 Å². The average molecular weight is 418 g/mol. The zero-order valence-corrected chi connectivity index (χ0v) is 15.7. The first-order chi connectivity index (χ1) is 12.5. The highest BCUT2D eigenvalue weighted by atomic mass is 79.9. The maximum Gasteiger partial charge on any atom is 0.227 e. The zero-order chi connectivity index (χ0) is 18.5. The van der Waals surface area contributed by atoms with Crippen molar-refractivity contribution in [3.63, 3.8) is 0 Å². The normalized spacial score (nSPS) is 12.0. The number of halogens is 2. The van der Waals surface area contributed by atoms with Crippen LogP contribution in [0.4, 0.5) is 4.39 Å². The number of hydrogen-bond acceptors (Lipinski definition) is 4. The number of amides is 1. The summed E-state index contributed by atoms with van der Waals surface area (Å²) in [6, 6.07) is 13.4. The Morgan fingerprint density at radius 1 is 1.19 bits per heavy atom. The molecule has 2 aromatic carbocycles. The van der Waals surface area contributed by atoms with Crippen molar-refractivity contribution in [3.8, 4) is 11.4 Å². The van der Waals surface area contributed by atoms with Crippen LogP contribution in [0.15, 0.2) is 57.5 Å². The van der Waals surface area contributed by atoms with Crippen molar-refractivity contribution in [1.29, 1.82) is 0 Å². The molecule has 0 aliphatic rings. The first-order valence-corrected chi connectivity index (χ1v) is 8.94. The SMILES string of the molecule is C[C@H](NC(=O)CCc1nc(-c2ccc(Br)cc2)no1)c1ccc(F)cc1. The van der Waals surface area contributed by atoms with Gasteiger partial charge in [-0.2, -0.15) is 4.98 Å². The first kappa shape index (κ1) is 18.3. The van der Waals surface area contributed by atoms with Crippen LogP contribution >= 0.6 is 15.9 Å². The Hall–Kier alpha value is -2.54. The summed E-state index contributed by atoms with van der Waals surface area (Å²) in [7, 11) is 0. The summed E-state index contributed by atoms with van der Waals surface area (Å²) >= 11 is 3.38. The molecule has 3 aromatic rings. The minimum absolute atomic E-state index is 0.134. The number of hydrogen-bond donors (Lipinski definition) is 1. The van der Waals surface area contributed by atoms with E-state index in [9.17, 15) is 9.18 Å². The molecular formula is C19H17BrFN3O2. The third-order valence-electron chi connectivity index (χ3n) is 3.88. The number of nitrogens with zero attached hydrogens (tertiary/aromatic N) is 2. The van der Waals surface area contributed by atoms with Gasteiger partial charge < -0.3 is 9.84 Å². The molecule has 0 spiro atoms. The molecule has 0 saturated heterocycles. The standard InChI is InChI=1S/C19H17BrFN3O2/c1-12(13-4-8-16(21)9-5-13)22-17(25)10-11-18-23-19(24-26-18)14-2-6-15(20)7-3-14/h2-9,12H,10-11H2,1H3,(H,22,25)/t12-/m0/s1. The highest BCUT2D eigenvalue weighted by Gasteiger charge is 2.13. The second-order valence-electron chi connectivity index (χ2n) is 5.86. The third kappa shape index (κ3) is 4.76. The summed E-state index contributed by atoms with van der Waals surface area (Å²) in [5.74, 6) is 0.468. The summed E-state index contributed by atoms with van der Waals surface area (Å²) in [4.78, 5) is 16.4. The Balaban J connectivity index is 1.53. The molecule has 1 aromatic heterocycles. The molecule has 134 valence electrons. The quantitative estimate of drug-likeness (QED) is 0.643. The average Bonchev–Trinajstić information content (AvgIpc) is 3.10. The largest absolute Gasteiger partial charge is 0.350 e. The van der Waals surface area contributed by atoms with E-state index in [4.69, 9.17) is 4.52 Å². The van der Waals surface area contributed by atoms with Crippen LogP contribution in [0.1, 0.15) is 30.8 Å². The van der Waals surface area contributed by atoms with Gasteiger partial charge in [0, 0.05) is 22.9 Å². The van der Waals surface area contributed by atoms with Gasteiger partial charge in [-0.25, -0.2) is 4.39 Å². The van der Waals surface area contributed by atoms with Crippen LogP contribution in [0.5, 0.6) is 0 Å². The van der Waals surface area contributed by atoms with Crippen molar-refractivity contribution < 1.29 is 13.7 Å². The number of rotatable bonds is 6. The lowest BCUT2D eigenvalue weighted by Gasteiger charge is -2.13. The van der Waals surface area contributed by atoms with Crippen LogP contribution < -0.4 is 5.32 Å². The van der Waals surface area contributed by atoms with E-state index in [0.717, 1.165) is 15.6 Å². The number of carbonyl (C=O) groups is 1. The van der Waals surface area contributed by atoms with Gasteiger partial charge >= 0.3 is 0 Å². The lowest BCUT2D eigenvalue weighted by Crippen LogP contribution is -2.26. The van der Waals surface area contributed by atoms with E-state index in [1.807, 2.05) is 31.2 Å². The second kappa shape index (κ2) is 8.23. The maximum absolute atomic E-state index is 13.0. The Morgan fingerprint density at radius 2 is 1.88 bits per heavy atom. The van der Waals surface area contributed by atoms with Gasteiger partial charge in [0.1, 0.15) is 5.82 Å². The Morgan fingerprint density at radius 3 is 2.58 bits per heavy atom. The first-order valence-electron chi connectivity index (χ1n) is 8.14. The highest BCUT2D eigenvalue weighted by Crippen LogP contribution is 2.19. The molecule has 0 fully saturated rings. The molecule has 0 radical (unpaired) electrons. The van der Waals surface area contributed by atoms with E-state index in [-0.39, 0.29) is 24.2 Å². The number of nitrogens with one attached hydrogen (secondary N) is 1. The fourth-order valence-corrected chi connectivity index (χ4v) is 2.71. The van der Waals surface area contributed by atoms with Gasteiger partial charge in [-0.3, -0.25) is 4.79 Å². The number of aromatic nitrogens is 2. The van der Waals surface area contributed by atoms with Gasteiger partial charge in [0.2, 0.25) is 17.6 Å². The Kier molecular flexibility index (Phi) is 5.78. The fraction of sp³-hybridized carbons (Fsp3) is 0.211. The molecule has 1 amide bonds. The van der Waals surface area contributed by atoms with Gasteiger partial charge in [0.15, 0.2) is 0 Å². The van der Waals surface area contributed by atoms with Crippen LogP contribution in [0.3, 0.4) is 0 Å². The third-order valence-corrected chi connectivity index (χ3v) is 4.41. The van der Waals surface area contributed by atoms with Crippen molar-refractivity contribution in [2.45, 2.75) is 25.8 Å². The van der Waals surface area contributed by atoms with Crippen LogP contribution in [-0.2, 0) is 11.2 Å².